The molecule has 11 heavy (non-hydrogen) atoms. The van der Waals surface area contributed by atoms with Gasteiger partial charge in [-0.05, 0) is 37.0 Å². The van der Waals surface area contributed by atoms with Gasteiger partial charge < -0.3 is 0 Å². The monoisotopic (exact) mass is 170 g/mol. The molecule has 0 aromatic heterocycles. The maximum absolute atomic E-state index is 6.10. The van der Waals surface area contributed by atoms with Crippen LogP contribution in [0.2, 0.25) is 0 Å². The quantitative estimate of drug-likeness (QED) is 0.522. The van der Waals surface area contributed by atoms with Gasteiger partial charge in [0.05, 0.1) is 0 Å². The second kappa shape index (κ2) is 2.04. The average Bonchev–Trinajstić information content (AvgIpc) is 2.39. The lowest BCUT2D eigenvalue weighted by Crippen LogP contribution is -1.95. The van der Waals surface area contributed by atoms with Gasteiger partial charge in [-0.2, -0.15) is 0 Å². The number of hydrogen-bond donors (Lipinski definition) is 0. The lowest BCUT2D eigenvalue weighted by molar-refractivity contribution is 0.541. The van der Waals surface area contributed by atoms with Crippen molar-refractivity contribution in [2.24, 2.45) is 17.3 Å². The average molecular weight is 171 g/mol. The van der Waals surface area contributed by atoms with Crippen LogP contribution >= 0.6 is 11.6 Å². The molecule has 2 atom stereocenters. The van der Waals surface area contributed by atoms with Crippen LogP contribution < -0.4 is 0 Å². The van der Waals surface area contributed by atoms with Crippen molar-refractivity contribution >= 4 is 11.6 Å². The first-order valence-corrected chi connectivity index (χ1v) is 4.75. The zero-order valence-corrected chi connectivity index (χ0v) is 8.20. The fraction of sp³-hybridized carbons (Fsp3) is 0.800. The molecule has 0 spiro atoms. The smallest absolute Gasteiger partial charge is 0.0173 e. The van der Waals surface area contributed by atoms with Crippen LogP contribution in [0.15, 0.2) is 10.6 Å². The van der Waals surface area contributed by atoms with Crippen LogP contribution in [-0.2, 0) is 0 Å². The van der Waals surface area contributed by atoms with E-state index in [0.29, 0.717) is 5.41 Å². The van der Waals surface area contributed by atoms with Gasteiger partial charge in [-0.1, -0.05) is 31.0 Å². The Bertz CT molecular complexity index is 203. The molecular formula is C10H15Cl. The molecule has 1 saturated carbocycles. The van der Waals surface area contributed by atoms with Crippen molar-refractivity contribution in [3.05, 3.63) is 10.6 Å². The van der Waals surface area contributed by atoms with E-state index in [1.807, 2.05) is 0 Å². The molecule has 2 rings (SSSR count). The van der Waals surface area contributed by atoms with Crippen LogP contribution in [0.5, 0.6) is 0 Å². The lowest BCUT2D eigenvalue weighted by atomic mass is 10.0. The minimum atomic E-state index is 0.581. The third-order valence-corrected chi connectivity index (χ3v) is 4.15. The minimum absolute atomic E-state index is 0.581. The molecule has 0 heterocycles. The predicted octanol–water partition coefficient (Wildman–Crippen LogP) is 3.57. The van der Waals surface area contributed by atoms with Crippen LogP contribution in [0.1, 0.15) is 33.6 Å². The van der Waals surface area contributed by atoms with E-state index in [1.54, 1.807) is 0 Å². The fourth-order valence-electron chi connectivity index (χ4n) is 2.48. The summed E-state index contributed by atoms with van der Waals surface area (Å²) in [6.45, 7) is 6.91. The van der Waals surface area contributed by atoms with Gasteiger partial charge >= 0.3 is 0 Å². The highest BCUT2D eigenvalue weighted by atomic mass is 35.5. The Morgan fingerprint density at radius 2 is 1.82 bits per heavy atom. The third-order valence-electron chi connectivity index (χ3n) is 3.68. The molecule has 0 amide bonds. The van der Waals surface area contributed by atoms with Gasteiger partial charge in [0.2, 0.25) is 0 Å². The lowest BCUT2D eigenvalue weighted by Gasteiger charge is -2.10. The van der Waals surface area contributed by atoms with Crippen LogP contribution in [0, 0.1) is 17.3 Å². The summed E-state index contributed by atoms with van der Waals surface area (Å²) < 4.78 is 0. The first kappa shape index (κ1) is 7.67. The van der Waals surface area contributed by atoms with E-state index in [9.17, 15) is 0 Å². The van der Waals surface area contributed by atoms with Crippen molar-refractivity contribution in [2.75, 3.05) is 0 Å². The zero-order chi connectivity index (χ0) is 8.22. The normalized spacial score (nSPS) is 40.4. The SMILES string of the molecule is CC1=C(Cl)C[C@H]2[C@H](C1)C2(C)C. The Balaban J connectivity index is 2.18. The van der Waals surface area contributed by atoms with E-state index in [4.69, 9.17) is 11.6 Å². The summed E-state index contributed by atoms with van der Waals surface area (Å²) in [5.41, 5.74) is 2.01. The zero-order valence-electron chi connectivity index (χ0n) is 7.45. The summed E-state index contributed by atoms with van der Waals surface area (Å²) in [7, 11) is 0. The van der Waals surface area contributed by atoms with Crippen LogP contribution in [0.25, 0.3) is 0 Å². The Hall–Kier alpha value is 0.0300. The van der Waals surface area contributed by atoms with Gasteiger partial charge in [0, 0.05) is 5.03 Å². The molecule has 0 radical (unpaired) electrons. The molecule has 0 N–H and O–H groups in total. The number of allylic oxidation sites excluding steroid dienone is 2. The van der Waals surface area contributed by atoms with Crippen LogP contribution in [0.4, 0.5) is 0 Å². The van der Waals surface area contributed by atoms with E-state index >= 15 is 0 Å². The molecule has 1 heteroatoms. The summed E-state index contributed by atoms with van der Waals surface area (Å²) in [4.78, 5) is 0. The summed E-state index contributed by atoms with van der Waals surface area (Å²) in [6.07, 6.45) is 2.39. The van der Waals surface area contributed by atoms with Gasteiger partial charge in [-0.3, -0.25) is 0 Å². The van der Waals surface area contributed by atoms with Crippen molar-refractivity contribution in [1.82, 2.24) is 0 Å². The van der Waals surface area contributed by atoms with E-state index in [1.165, 1.54) is 12.0 Å². The van der Waals surface area contributed by atoms with Crippen molar-refractivity contribution in [2.45, 2.75) is 33.6 Å². The largest absolute Gasteiger partial charge is 0.0892 e. The van der Waals surface area contributed by atoms with Gasteiger partial charge in [-0.25, -0.2) is 0 Å². The van der Waals surface area contributed by atoms with Gasteiger partial charge in [-0.15, -0.1) is 0 Å². The highest BCUT2D eigenvalue weighted by Gasteiger charge is 2.58. The molecule has 0 aromatic rings. The molecule has 1 fully saturated rings. The van der Waals surface area contributed by atoms with Crippen molar-refractivity contribution in [1.29, 1.82) is 0 Å². The molecule has 0 saturated heterocycles. The molecule has 2 aliphatic carbocycles. The molecular weight excluding hydrogens is 156 g/mol. The molecule has 0 nitrogen and oxygen atoms in total. The van der Waals surface area contributed by atoms with Gasteiger partial charge in [0.1, 0.15) is 0 Å². The van der Waals surface area contributed by atoms with Gasteiger partial charge in [0.15, 0.2) is 0 Å². The summed E-state index contributed by atoms with van der Waals surface area (Å²) in [6, 6.07) is 0. The Morgan fingerprint density at radius 3 is 2.36 bits per heavy atom. The van der Waals surface area contributed by atoms with E-state index < -0.39 is 0 Å². The topological polar surface area (TPSA) is 0 Å². The Labute approximate surface area is 73.6 Å². The standard InChI is InChI=1S/C10H15Cl/c1-6-4-7-8(5-9(6)11)10(7,2)3/h7-8H,4-5H2,1-3H3/t7-,8-/m0/s1. The van der Waals surface area contributed by atoms with Gasteiger partial charge in [0.25, 0.3) is 0 Å². The summed E-state index contributed by atoms with van der Waals surface area (Å²) in [5, 5.41) is 1.14. The number of halogens is 1. The third kappa shape index (κ3) is 0.955. The Kier molecular flexibility index (Phi) is 1.42. The van der Waals surface area contributed by atoms with Crippen molar-refractivity contribution in [3.63, 3.8) is 0 Å². The molecule has 0 unspecified atom stereocenters. The maximum Gasteiger partial charge on any atom is 0.0173 e. The van der Waals surface area contributed by atoms with E-state index in [2.05, 4.69) is 20.8 Å². The van der Waals surface area contributed by atoms with E-state index in [0.717, 1.165) is 23.3 Å². The second-order valence-corrected chi connectivity index (χ2v) is 5.08. The summed E-state index contributed by atoms with van der Waals surface area (Å²) in [5.74, 6) is 1.82. The maximum atomic E-state index is 6.10. The second-order valence-electron chi connectivity index (χ2n) is 4.63. The molecule has 0 bridgehead atoms. The van der Waals surface area contributed by atoms with E-state index in [-0.39, 0.29) is 0 Å². The number of hydrogen-bond acceptors (Lipinski definition) is 0. The van der Waals surface area contributed by atoms with Crippen LogP contribution in [-0.4, -0.2) is 0 Å². The van der Waals surface area contributed by atoms with Crippen LogP contribution in [0.3, 0.4) is 0 Å². The molecule has 2 aliphatic rings. The fourth-order valence-corrected chi connectivity index (χ4v) is 2.72. The molecule has 0 aliphatic heterocycles. The molecule has 0 aromatic carbocycles. The Morgan fingerprint density at radius 1 is 1.27 bits per heavy atom. The summed E-state index contributed by atoms with van der Waals surface area (Å²) >= 11 is 6.10. The first-order chi connectivity index (χ1) is 5.03. The highest BCUT2D eigenvalue weighted by molar-refractivity contribution is 6.30. The predicted molar refractivity (Wildman–Crippen MR) is 48.5 cm³/mol. The highest BCUT2D eigenvalue weighted by Crippen LogP contribution is 2.65. The first-order valence-electron chi connectivity index (χ1n) is 4.37. The molecule has 62 valence electrons. The number of fused-ring (bicyclic) bond motifs is 1. The number of rotatable bonds is 0. The van der Waals surface area contributed by atoms with Crippen molar-refractivity contribution in [3.8, 4) is 0 Å². The van der Waals surface area contributed by atoms with Crippen molar-refractivity contribution < 1.29 is 0 Å². The minimum Gasteiger partial charge on any atom is -0.0892 e.